The van der Waals surface area contributed by atoms with Gasteiger partial charge >= 0.3 is 0 Å². The van der Waals surface area contributed by atoms with Crippen molar-refractivity contribution in [1.29, 1.82) is 0 Å². The highest BCUT2D eigenvalue weighted by Crippen LogP contribution is 2.24. The van der Waals surface area contributed by atoms with Crippen molar-refractivity contribution in [3.05, 3.63) is 58.6 Å². The summed E-state index contributed by atoms with van der Waals surface area (Å²) >= 11 is 6.10. The number of hydrogen-bond acceptors (Lipinski definition) is 4. The molecular formula is C22H25ClN4O. The van der Waals surface area contributed by atoms with Crippen molar-refractivity contribution in [2.75, 3.05) is 49.2 Å². The van der Waals surface area contributed by atoms with Crippen molar-refractivity contribution < 1.29 is 4.79 Å². The van der Waals surface area contributed by atoms with Crippen LogP contribution >= 0.6 is 11.6 Å². The molecule has 0 radical (unpaired) electrons. The number of halogens is 1. The average molecular weight is 397 g/mol. The van der Waals surface area contributed by atoms with Crippen LogP contribution in [-0.4, -0.2) is 55.9 Å². The predicted molar refractivity (Wildman–Crippen MR) is 116 cm³/mol. The van der Waals surface area contributed by atoms with Gasteiger partial charge in [0, 0.05) is 42.6 Å². The summed E-state index contributed by atoms with van der Waals surface area (Å²) in [6.45, 7) is 8.35. The van der Waals surface area contributed by atoms with Crippen LogP contribution in [-0.2, 0) is 4.79 Å². The fourth-order valence-corrected chi connectivity index (χ4v) is 4.12. The molecule has 0 aromatic heterocycles. The molecule has 5 nitrogen and oxygen atoms in total. The number of benzene rings is 2. The topological polar surface area (TPSA) is 39.2 Å². The highest BCUT2D eigenvalue weighted by Gasteiger charge is 2.29. The second kappa shape index (κ2) is 7.84. The second-order valence-corrected chi connectivity index (χ2v) is 7.93. The van der Waals surface area contributed by atoms with Crippen molar-refractivity contribution in [1.82, 2.24) is 4.90 Å². The lowest BCUT2D eigenvalue weighted by molar-refractivity contribution is -0.124. The molecule has 2 aliphatic heterocycles. The first-order chi connectivity index (χ1) is 13.5. The Morgan fingerprint density at radius 2 is 1.79 bits per heavy atom. The average Bonchev–Trinajstić information content (AvgIpc) is 3.17. The highest BCUT2D eigenvalue weighted by molar-refractivity contribution is 6.40. The standard InChI is InChI=1S/C22H25ClN4O/c1-16-6-7-21(17(2)12-16)27-14-20(24-15-27)22(28)26-10-8-25(9-11-26)19-5-3-4-18(23)13-19/h3-7,12-13H,8-11,14-15H2,1-2H3. The number of carbonyl (C=O) groups excluding carboxylic acids is 1. The molecule has 0 atom stereocenters. The molecule has 2 heterocycles. The Balaban J connectivity index is 1.36. The number of piperazine rings is 1. The van der Waals surface area contributed by atoms with Gasteiger partial charge in [0.2, 0.25) is 0 Å². The van der Waals surface area contributed by atoms with Crippen LogP contribution in [0.5, 0.6) is 0 Å². The van der Waals surface area contributed by atoms with E-state index in [1.54, 1.807) is 0 Å². The summed E-state index contributed by atoms with van der Waals surface area (Å²) in [5.74, 6) is 0.0676. The number of anilines is 2. The lowest BCUT2D eigenvalue weighted by Gasteiger charge is -2.36. The second-order valence-electron chi connectivity index (χ2n) is 7.49. The van der Waals surface area contributed by atoms with Crippen molar-refractivity contribution >= 4 is 34.6 Å². The summed E-state index contributed by atoms with van der Waals surface area (Å²) in [6, 6.07) is 14.3. The lowest BCUT2D eigenvalue weighted by atomic mass is 10.1. The molecule has 2 aliphatic rings. The maximum Gasteiger partial charge on any atom is 0.269 e. The van der Waals surface area contributed by atoms with Crippen molar-refractivity contribution in [2.45, 2.75) is 13.8 Å². The third-order valence-corrected chi connectivity index (χ3v) is 5.69. The molecule has 2 aromatic rings. The van der Waals surface area contributed by atoms with E-state index in [-0.39, 0.29) is 5.91 Å². The van der Waals surface area contributed by atoms with Crippen LogP contribution in [0.2, 0.25) is 5.02 Å². The van der Waals surface area contributed by atoms with Gasteiger partial charge in [-0.1, -0.05) is 35.4 Å². The molecule has 1 fully saturated rings. The van der Waals surface area contributed by atoms with Gasteiger partial charge in [-0.05, 0) is 43.7 Å². The predicted octanol–water partition coefficient (Wildman–Crippen LogP) is 3.52. The van der Waals surface area contributed by atoms with Crippen molar-refractivity contribution in [3.8, 4) is 0 Å². The van der Waals surface area contributed by atoms with Gasteiger partial charge in [-0.15, -0.1) is 0 Å². The molecule has 0 saturated carbocycles. The quantitative estimate of drug-likeness (QED) is 0.796. The molecule has 1 saturated heterocycles. The van der Waals surface area contributed by atoms with Crippen LogP contribution in [0.4, 0.5) is 11.4 Å². The Labute approximate surface area is 171 Å². The van der Waals surface area contributed by atoms with Gasteiger partial charge in [0.1, 0.15) is 12.4 Å². The largest absolute Gasteiger partial charge is 0.368 e. The Morgan fingerprint density at radius 3 is 2.50 bits per heavy atom. The van der Waals surface area contributed by atoms with E-state index in [4.69, 9.17) is 11.6 Å². The number of nitrogens with zero attached hydrogens (tertiary/aromatic N) is 4. The molecule has 0 aliphatic carbocycles. The Morgan fingerprint density at radius 1 is 1.00 bits per heavy atom. The van der Waals surface area contributed by atoms with Gasteiger partial charge < -0.3 is 14.7 Å². The van der Waals surface area contributed by atoms with Gasteiger partial charge in [-0.3, -0.25) is 9.79 Å². The Bertz CT molecular complexity index is 919. The molecule has 146 valence electrons. The zero-order chi connectivity index (χ0) is 19.7. The van der Waals surface area contributed by atoms with Gasteiger partial charge in [0.25, 0.3) is 5.91 Å². The summed E-state index contributed by atoms with van der Waals surface area (Å²) < 4.78 is 0. The number of hydrogen-bond donors (Lipinski definition) is 0. The first-order valence-corrected chi connectivity index (χ1v) is 10.0. The molecule has 0 bridgehead atoms. The molecular weight excluding hydrogens is 372 g/mol. The summed E-state index contributed by atoms with van der Waals surface area (Å²) in [6.07, 6.45) is 0. The third-order valence-electron chi connectivity index (χ3n) is 5.45. The van der Waals surface area contributed by atoms with Crippen LogP contribution in [0.3, 0.4) is 0 Å². The number of aryl methyl sites for hydroxylation is 2. The van der Waals surface area contributed by atoms with E-state index >= 15 is 0 Å². The lowest BCUT2D eigenvalue weighted by Crippen LogP contribution is -2.51. The van der Waals surface area contributed by atoms with E-state index in [0.29, 0.717) is 32.0 Å². The zero-order valence-electron chi connectivity index (χ0n) is 16.4. The Kier molecular flexibility index (Phi) is 5.27. The molecule has 6 heteroatoms. The number of carbonyl (C=O) groups is 1. The van der Waals surface area contributed by atoms with E-state index in [0.717, 1.165) is 29.5 Å². The third kappa shape index (κ3) is 3.85. The molecule has 2 aromatic carbocycles. The smallest absolute Gasteiger partial charge is 0.269 e. The van der Waals surface area contributed by atoms with Crippen LogP contribution < -0.4 is 9.80 Å². The summed E-state index contributed by atoms with van der Waals surface area (Å²) in [5.41, 5.74) is 5.40. The number of rotatable bonds is 3. The zero-order valence-corrected chi connectivity index (χ0v) is 17.1. The fraction of sp³-hybridized carbons (Fsp3) is 0.364. The minimum atomic E-state index is 0.0676. The maximum atomic E-state index is 12.9. The molecule has 1 amide bonds. The first-order valence-electron chi connectivity index (χ1n) is 9.66. The van der Waals surface area contributed by atoms with Crippen molar-refractivity contribution in [2.24, 2.45) is 4.99 Å². The maximum absolute atomic E-state index is 12.9. The van der Waals surface area contributed by atoms with Gasteiger partial charge in [0.05, 0.1) is 6.54 Å². The van der Waals surface area contributed by atoms with E-state index in [1.807, 2.05) is 23.1 Å². The monoisotopic (exact) mass is 396 g/mol. The van der Waals surface area contributed by atoms with Crippen LogP contribution in [0, 0.1) is 13.8 Å². The Hall–Kier alpha value is -2.53. The van der Waals surface area contributed by atoms with E-state index in [9.17, 15) is 4.79 Å². The summed E-state index contributed by atoms with van der Waals surface area (Å²) in [5, 5.41) is 0.739. The molecule has 4 rings (SSSR count). The van der Waals surface area contributed by atoms with Crippen LogP contribution in [0.25, 0.3) is 0 Å². The van der Waals surface area contributed by atoms with Gasteiger partial charge in [-0.2, -0.15) is 0 Å². The molecule has 0 spiro atoms. The normalized spacial score (nSPS) is 17.1. The van der Waals surface area contributed by atoms with Crippen molar-refractivity contribution in [3.63, 3.8) is 0 Å². The minimum Gasteiger partial charge on any atom is -0.368 e. The van der Waals surface area contributed by atoms with E-state index in [2.05, 4.69) is 52.9 Å². The van der Waals surface area contributed by atoms with Crippen LogP contribution in [0.1, 0.15) is 11.1 Å². The van der Waals surface area contributed by atoms with E-state index < -0.39 is 0 Å². The van der Waals surface area contributed by atoms with Crippen LogP contribution in [0.15, 0.2) is 47.5 Å². The van der Waals surface area contributed by atoms with Gasteiger partial charge in [-0.25, -0.2) is 0 Å². The highest BCUT2D eigenvalue weighted by atomic mass is 35.5. The number of aliphatic imine (C=N–C) groups is 1. The summed E-state index contributed by atoms with van der Waals surface area (Å²) in [7, 11) is 0. The van der Waals surface area contributed by atoms with E-state index in [1.165, 1.54) is 11.1 Å². The first kappa shape index (κ1) is 18.8. The SMILES string of the molecule is Cc1ccc(N2CN=C(C(=O)N3CCN(c4cccc(Cl)c4)CC3)C2)c(C)c1. The van der Waals surface area contributed by atoms with Gasteiger partial charge in [0.15, 0.2) is 0 Å². The molecule has 0 unspecified atom stereocenters. The molecule has 28 heavy (non-hydrogen) atoms. The molecule has 0 N–H and O–H groups in total. The fourth-order valence-electron chi connectivity index (χ4n) is 3.93. The minimum absolute atomic E-state index is 0.0676. The summed E-state index contributed by atoms with van der Waals surface area (Å²) in [4.78, 5) is 23.8. The number of amides is 1.